The number of alkyl halides is 3. The van der Waals surface area contributed by atoms with Crippen LogP contribution in [0.25, 0.3) is 0 Å². The summed E-state index contributed by atoms with van der Waals surface area (Å²) >= 11 is 0. The van der Waals surface area contributed by atoms with Gasteiger partial charge in [0.05, 0.1) is 11.6 Å². The van der Waals surface area contributed by atoms with Crippen molar-refractivity contribution in [3.8, 4) is 6.07 Å². The second-order valence-corrected chi connectivity index (χ2v) is 4.14. The van der Waals surface area contributed by atoms with Crippen LogP contribution in [0.2, 0.25) is 0 Å². The molecule has 1 aromatic carbocycles. The van der Waals surface area contributed by atoms with Crippen molar-refractivity contribution in [3.05, 3.63) is 35.4 Å². The predicted octanol–water partition coefficient (Wildman–Crippen LogP) is 2.19. The number of carboxylic acid groups (broad SMARTS) is 1. The third kappa shape index (κ3) is 4.80. The maximum Gasteiger partial charge on any atom is 0.416 e. The zero-order valence-corrected chi connectivity index (χ0v) is 10.6. The summed E-state index contributed by atoms with van der Waals surface area (Å²) in [6.45, 7) is 0. The number of hydrogen-bond donors (Lipinski definition) is 2. The summed E-state index contributed by atoms with van der Waals surface area (Å²) in [7, 11) is 0. The Balaban J connectivity index is 2.88. The smallest absolute Gasteiger partial charge is 0.416 e. The lowest BCUT2D eigenvalue weighted by Gasteiger charge is -2.14. The molecule has 21 heavy (non-hydrogen) atoms. The number of carbonyl (C=O) groups is 2. The second kappa shape index (κ2) is 6.74. The van der Waals surface area contributed by atoms with Crippen LogP contribution in [0.3, 0.4) is 0 Å². The molecule has 0 spiro atoms. The van der Waals surface area contributed by atoms with Gasteiger partial charge in [0.2, 0.25) is 0 Å². The zero-order chi connectivity index (χ0) is 16.0. The van der Waals surface area contributed by atoms with Gasteiger partial charge in [0.15, 0.2) is 0 Å². The van der Waals surface area contributed by atoms with Crippen LogP contribution in [-0.2, 0) is 11.0 Å². The van der Waals surface area contributed by atoms with Gasteiger partial charge < -0.3 is 10.4 Å². The van der Waals surface area contributed by atoms with E-state index in [-0.39, 0.29) is 18.4 Å². The van der Waals surface area contributed by atoms with Crippen LogP contribution >= 0.6 is 0 Å². The highest BCUT2D eigenvalue weighted by molar-refractivity contribution is 5.96. The predicted molar refractivity (Wildman–Crippen MR) is 65.2 cm³/mol. The molecule has 0 fully saturated rings. The minimum atomic E-state index is -4.59. The first kappa shape index (κ1) is 16.5. The number of amides is 1. The number of benzene rings is 1. The van der Waals surface area contributed by atoms with Crippen molar-refractivity contribution in [2.75, 3.05) is 0 Å². The van der Waals surface area contributed by atoms with Crippen LogP contribution in [-0.4, -0.2) is 23.0 Å². The first-order valence-corrected chi connectivity index (χ1v) is 5.83. The van der Waals surface area contributed by atoms with Crippen LogP contribution in [0.5, 0.6) is 0 Å². The van der Waals surface area contributed by atoms with Gasteiger partial charge in [-0.05, 0) is 24.6 Å². The Morgan fingerprint density at radius 2 is 2.05 bits per heavy atom. The van der Waals surface area contributed by atoms with Crippen molar-refractivity contribution in [2.45, 2.75) is 25.1 Å². The lowest BCUT2D eigenvalue weighted by molar-refractivity contribution is -0.139. The summed E-state index contributed by atoms with van der Waals surface area (Å²) in [6.07, 6.45) is -4.82. The fourth-order valence-electron chi connectivity index (χ4n) is 1.54. The molecule has 1 aromatic rings. The van der Waals surface area contributed by atoms with Crippen molar-refractivity contribution in [2.24, 2.45) is 0 Å². The largest absolute Gasteiger partial charge is 0.480 e. The Hall–Kier alpha value is -2.56. The molecule has 0 saturated heterocycles. The van der Waals surface area contributed by atoms with E-state index in [2.05, 4.69) is 5.32 Å². The highest BCUT2D eigenvalue weighted by atomic mass is 19.4. The quantitative estimate of drug-likeness (QED) is 0.872. The molecule has 5 nitrogen and oxygen atoms in total. The molecule has 0 aliphatic rings. The van der Waals surface area contributed by atoms with Crippen LogP contribution in [0.1, 0.15) is 28.8 Å². The number of halogens is 3. The van der Waals surface area contributed by atoms with Gasteiger partial charge in [0, 0.05) is 12.0 Å². The molecular weight excluding hydrogens is 289 g/mol. The normalized spacial score (nSPS) is 12.3. The van der Waals surface area contributed by atoms with Crippen LogP contribution in [0.15, 0.2) is 24.3 Å². The Morgan fingerprint density at radius 3 is 2.57 bits per heavy atom. The lowest BCUT2D eigenvalue weighted by Crippen LogP contribution is -2.40. The Kier molecular flexibility index (Phi) is 5.30. The van der Waals surface area contributed by atoms with E-state index in [0.29, 0.717) is 6.07 Å². The fourth-order valence-corrected chi connectivity index (χ4v) is 1.54. The average molecular weight is 300 g/mol. The number of nitriles is 1. The van der Waals surface area contributed by atoms with Crippen LogP contribution in [0, 0.1) is 11.3 Å². The van der Waals surface area contributed by atoms with Gasteiger partial charge in [0.1, 0.15) is 6.04 Å². The Morgan fingerprint density at radius 1 is 1.38 bits per heavy atom. The van der Waals surface area contributed by atoms with E-state index < -0.39 is 29.7 Å². The van der Waals surface area contributed by atoms with Gasteiger partial charge in [-0.2, -0.15) is 18.4 Å². The van der Waals surface area contributed by atoms with Crippen molar-refractivity contribution < 1.29 is 27.9 Å². The van der Waals surface area contributed by atoms with Crippen molar-refractivity contribution in [1.29, 1.82) is 5.26 Å². The molecule has 0 bridgehead atoms. The molecule has 0 aromatic heterocycles. The monoisotopic (exact) mass is 300 g/mol. The van der Waals surface area contributed by atoms with Crippen LogP contribution < -0.4 is 5.32 Å². The number of carboxylic acids is 1. The average Bonchev–Trinajstić information content (AvgIpc) is 2.42. The minimum Gasteiger partial charge on any atom is -0.480 e. The van der Waals surface area contributed by atoms with Gasteiger partial charge in [-0.1, -0.05) is 6.07 Å². The summed E-state index contributed by atoms with van der Waals surface area (Å²) < 4.78 is 37.6. The SMILES string of the molecule is N#CCC[C@@H](NC(=O)c1cccc(C(F)(F)F)c1)C(=O)O. The van der Waals surface area contributed by atoms with E-state index >= 15 is 0 Å². The van der Waals surface area contributed by atoms with E-state index in [1.54, 1.807) is 6.07 Å². The van der Waals surface area contributed by atoms with E-state index in [1.165, 1.54) is 0 Å². The van der Waals surface area contributed by atoms with Crippen molar-refractivity contribution >= 4 is 11.9 Å². The fraction of sp³-hybridized carbons (Fsp3) is 0.308. The van der Waals surface area contributed by atoms with Crippen LogP contribution in [0.4, 0.5) is 13.2 Å². The Labute approximate surface area is 118 Å². The van der Waals surface area contributed by atoms with Gasteiger partial charge in [-0.3, -0.25) is 4.79 Å². The van der Waals surface area contributed by atoms with E-state index in [9.17, 15) is 22.8 Å². The second-order valence-electron chi connectivity index (χ2n) is 4.14. The third-order valence-corrected chi connectivity index (χ3v) is 2.60. The molecule has 1 amide bonds. The number of rotatable bonds is 5. The molecule has 112 valence electrons. The molecule has 1 atom stereocenters. The topological polar surface area (TPSA) is 90.2 Å². The summed E-state index contributed by atoms with van der Waals surface area (Å²) in [5.74, 6) is -2.29. The number of carbonyl (C=O) groups excluding carboxylic acids is 1. The highest BCUT2D eigenvalue weighted by Gasteiger charge is 2.31. The third-order valence-electron chi connectivity index (χ3n) is 2.60. The molecule has 8 heteroatoms. The highest BCUT2D eigenvalue weighted by Crippen LogP contribution is 2.29. The molecule has 0 unspecified atom stereocenters. The molecule has 1 rings (SSSR count). The van der Waals surface area contributed by atoms with Gasteiger partial charge >= 0.3 is 12.1 Å². The molecule has 0 aliphatic heterocycles. The molecule has 0 aliphatic carbocycles. The molecule has 2 N–H and O–H groups in total. The molecule has 0 saturated carbocycles. The lowest BCUT2D eigenvalue weighted by atomic mass is 10.1. The maximum atomic E-state index is 12.5. The minimum absolute atomic E-state index is 0.0974. The van der Waals surface area contributed by atoms with Gasteiger partial charge in [-0.15, -0.1) is 0 Å². The summed E-state index contributed by atoms with van der Waals surface area (Å²) in [5, 5.41) is 19.4. The Bertz CT molecular complexity index is 579. The number of hydrogen-bond acceptors (Lipinski definition) is 3. The maximum absolute atomic E-state index is 12.5. The van der Waals surface area contributed by atoms with E-state index in [4.69, 9.17) is 10.4 Å². The van der Waals surface area contributed by atoms with E-state index in [1.807, 2.05) is 0 Å². The number of nitrogens with zero attached hydrogens (tertiary/aromatic N) is 1. The summed E-state index contributed by atoms with van der Waals surface area (Å²) in [5.41, 5.74) is -1.30. The zero-order valence-electron chi connectivity index (χ0n) is 10.6. The number of nitrogens with one attached hydrogen (secondary N) is 1. The molecule has 0 radical (unpaired) electrons. The summed E-state index contributed by atoms with van der Waals surface area (Å²) in [4.78, 5) is 22.7. The standard InChI is InChI=1S/C13H11F3N2O3/c14-13(15,16)9-4-1-3-8(7-9)11(19)18-10(12(20)21)5-2-6-17/h1,3-4,7,10H,2,5H2,(H,18,19)(H,20,21)/t10-/m1/s1. The molecule has 0 heterocycles. The first-order chi connectivity index (χ1) is 9.75. The van der Waals surface area contributed by atoms with E-state index in [0.717, 1.165) is 18.2 Å². The van der Waals surface area contributed by atoms with Crippen molar-refractivity contribution in [1.82, 2.24) is 5.32 Å². The van der Waals surface area contributed by atoms with Crippen molar-refractivity contribution in [3.63, 3.8) is 0 Å². The summed E-state index contributed by atoms with van der Waals surface area (Å²) in [6, 6.07) is 4.05. The molecular formula is C13H11F3N2O3. The van der Waals surface area contributed by atoms with Gasteiger partial charge in [-0.25, -0.2) is 4.79 Å². The van der Waals surface area contributed by atoms with Gasteiger partial charge in [0.25, 0.3) is 5.91 Å². The number of aliphatic carboxylic acids is 1. The first-order valence-electron chi connectivity index (χ1n) is 5.83.